The summed E-state index contributed by atoms with van der Waals surface area (Å²) in [4.78, 5) is 19.4. The topological polar surface area (TPSA) is 66.5 Å². The predicted octanol–water partition coefficient (Wildman–Crippen LogP) is 3.30. The lowest BCUT2D eigenvalue weighted by atomic mass is 9.96. The number of aromatic nitrogens is 1. The summed E-state index contributed by atoms with van der Waals surface area (Å²) in [6.07, 6.45) is 3.76. The van der Waals surface area contributed by atoms with Crippen LogP contribution in [0, 0.1) is 5.92 Å². The first-order valence-corrected chi connectivity index (χ1v) is 9.58. The van der Waals surface area contributed by atoms with E-state index in [1.807, 2.05) is 35.2 Å². The Bertz CT molecular complexity index is 757. The maximum atomic E-state index is 13.1. The molecule has 1 saturated heterocycles. The van der Waals surface area contributed by atoms with E-state index in [1.165, 1.54) is 0 Å². The van der Waals surface area contributed by atoms with Crippen LogP contribution in [0.4, 0.5) is 11.5 Å². The molecular formula is C21H28N4O2. The summed E-state index contributed by atoms with van der Waals surface area (Å²) in [6.45, 7) is 5.73. The van der Waals surface area contributed by atoms with Crippen molar-refractivity contribution in [3.05, 3.63) is 48.2 Å². The third-order valence-corrected chi connectivity index (χ3v) is 4.98. The molecule has 27 heavy (non-hydrogen) atoms. The SMILES string of the molecule is CCNCC1CCN(C(=O)c2cccnc2Nc2ccccc2OC)CC1. The number of benzene rings is 1. The summed E-state index contributed by atoms with van der Waals surface area (Å²) >= 11 is 0. The molecule has 1 amide bonds. The Kier molecular flexibility index (Phi) is 6.65. The monoisotopic (exact) mass is 368 g/mol. The molecule has 2 heterocycles. The molecule has 0 saturated carbocycles. The van der Waals surface area contributed by atoms with Gasteiger partial charge in [-0.2, -0.15) is 0 Å². The van der Waals surface area contributed by atoms with E-state index in [1.54, 1.807) is 19.4 Å². The maximum absolute atomic E-state index is 13.1. The Balaban J connectivity index is 1.71. The molecular weight excluding hydrogens is 340 g/mol. The summed E-state index contributed by atoms with van der Waals surface area (Å²) in [7, 11) is 1.63. The lowest BCUT2D eigenvalue weighted by Gasteiger charge is -2.32. The minimum absolute atomic E-state index is 0.0300. The standard InChI is InChI=1S/C21H28N4O2/c1-3-22-15-16-10-13-25(14-11-16)21(26)17-7-6-12-23-20(17)24-18-8-4-5-9-19(18)27-2/h4-9,12,16,22H,3,10-11,13-15H2,1-2H3,(H,23,24). The molecule has 2 N–H and O–H groups in total. The number of nitrogens with zero attached hydrogens (tertiary/aromatic N) is 2. The van der Waals surface area contributed by atoms with Crippen LogP contribution in [0.3, 0.4) is 0 Å². The highest BCUT2D eigenvalue weighted by molar-refractivity contribution is 5.99. The number of piperidine rings is 1. The van der Waals surface area contributed by atoms with Crippen molar-refractivity contribution in [3.63, 3.8) is 0 Å². The molecule has 0 aliphatic carbocycles. The molecule has 0 atom stereocenters. The van der Waals surface area contributed by atoms with E-state index in [2.05, 4.69) is 22.5 Å². The summed E-state index contributed by atoms with van der Waals surface area (Å²) in [5.41, 5.74) is 1.38. The zero-order valence-electron chi connectivity index (χ0n) is 16.1. The third-order valence-electron chi connectivity index (χ3n) is 4.98. The van der Waals surface area contributed by atoms with Crippen LogP contribution in [0.25, 0.3) is 0 Å². The van der Waals surface area contributed by atoms with Crippen LogP contribution in [0.15, 0.2) is 42.6 Å². The van der Waals surface area contributed by atoms with Gasteiger partial charge < -0.3 is 20.3 Å². The fraction of sp³-hybridized carbons (Fsp3) is 0.429. The Hall–Kier alpha value is -2.60. The van der Waals surface area contributed by atoms with E-state index in [0.717, 1.165) is 44.7 Å². The Labute approximate surface area is 160 Å². The molecule has 6 nitrogen and oxygen atoms in total. The van der Waals surface area contributed by atoms with E-state index in [0.29, 0.717) is 23.0 Å². The molecule has 1 aliphatic rings. The number of nitrogens with one attached hydrogen (secondary N) is 2. The van der Waals surface area contributed by atoms with Gasteiger partial charge in [-0.15, -0.1) is 0 Å². The zero-order valence-corrected chi connectivity index (χ0v) is 16.1. The van der Waals surface area contributed by atoms with E-state index < -0.39 is 0 Å². The van der Waals surface area contributed by atoms with Gasteiger partial charge in [0.2, 0.25) is 0 Å². The quantitative estimate of drug-likeness (QED) is 0.785. The number of hydrogen-bond acceptors (Lipinski definition) is 5. The number of amides is 1. The number of methoxy groups -OCH3 is 1. The minimum Gasteiger partial charge on any atom is -0.495 e. The molecule has 1 aromatic carbocycles. The van der Waals surface area contributed by atoms with Gasteiger partial charge in [-0.25, -0.2) is 4.98 Å². The molecule has 6 heteroatoms. The highest BCUT2D eigenvalue weighted by atomic mass is 16.5. The molecule has 3 rings (SSSR count). The van der Waals surface area contributed by atoms with Crippen LogP contribution in [0.5, 0.6) is 5.75 Å². The molecule has 1 aromatic heterocycles. The van der Waals surface area contributed by atoms with E-state index in [9.17, 15) is 4.79 Å². The second kappa shape index (κ2) is 9.37. The van der Waals surface area contributed by atoms with Gasteiger partial charge in [-0.1, -0.05) is 19.1 Å². The van der Waals surface area contributed by atoms with Gasteiger partial charge in [-0.05, 0) is 56.1 Å². The number of anilines is 2. The molecule has 0 radical (unpaired) electrons. The van der Waals surface area contributed by atoms with Gasteiger partial charge in [0.15, 0.2) is 0 Å². The van der Waals surface area contributed by atoms with Gasteiger partial charge in [0.05, 0.1) is 18.4 Å². The van der Waals surface area contributed by atoms with Gasteiger partial charge >= 0.3 is 0 Å². The van der Waals surface area contributed by atoms with E-state index in [-0.39, 0.29) is 5.91 Å². The van der Waals surface area contributed by atoms with Crippen molar-refractivity contribution in [1.29, 1.82) is 0 Å². The lowest BCUT2D eigenvalue weighted by Crippen LogP contribution is -2.41. The smallest absolute Gasteiger partial charge is 0.257 e. The Morgan fingerprint density at radius 2 is 2.00 bits per heavy atom. The maximum Gasteiger partial charge on any atom is 0.257 e. The van der Waals surface area contributed by atoms with Crippen LogP contribution in [0.2, 0.25) is 0 Å². The number of likely N-dealkylation sites (tertiary alicyclic amines) is 1. The van der Waals surface area contributed by atoms with Crippen molar-refractivity contribution in [2.75, 3.05) is 38.6 Å². The number of pyridine rings is 1. The van der Waals surface area contributed by atoms with Crippen molar-refractivity contribution < 1.29 is 9.53 Å². The first-order valence-electron chi connectivity index (χ1n) is 9.58. The van der Waals surface area contributed by atoms with Crippen LogP contribution < -0.4 is 15.4 Å². The van der Waals surface area contributed by atoms with Gasteiger partial charge in [0, 0.05) is 19.3 Å². The Morgan fingerprint density at radius 1 is 1.22 bits per heavy atom. The highest BCUT2D eigenvalue weighted by Gasteiger charge is 2.25. The van der Waals surface area contributed by atoms with Crippen molar-refractivity contribution >= 4 is 17.4 Å². The molecule has 1 aliphatic heterocycles. The van der Waals surface area contributed by atoms with E-state index >= 15 is 0 Å². The van der Waals surface area contributed by atoms with Crippen molar-refractivity contribution in [2.45, 2.75) is 19.8 Å². The summed E-state index contributed by atoms with van der Waals surface area (Å²) in [6, 6.07) is 11.3. The number of carbonyl (C=O) groups excluding carboxylic acids is 1. The van der Waals surface area contributed by atoms with Crippen molar-refractivity contribution in [1.82, 2.24) is 15.2 Å². The van der Waals surface area contributed by atoms with Gasteiger partial charge in [-0.3, -0.25) is 4.79 Å². The second-order valence-corrected chi connectivity index (χ2v) is 6.77. The average Bonchev–Trinajstić information content (AvgIpc) is 2.73. The van der Waals surface area contributed by atoms with E-state index in [4.69, 9.17) is 4.74 Å². The number of carbonyl (C=O) groups is 1. The first-order chi connectivity index (χ1) is 13.2. The largest absolute Gasteiger partial charge is 0.495 e. The summed E-state index contributed by atoms with van der Waals surface area (Å²) in [5, 5.41) is 6.66. The van der Waals surface area contributed by atoms with Crippen molar-refractivity contribution in [2.24, 2.45) is 5.92 Å². The molecule has 0 bridgehead atoms. The average molecular weight is 368 g/mol. The fourth-order valence-corrected chi connectivity index (χ4v) is 3.41. The number of rotatable bonds is 7. The first kappa shape index (κ1) is 19.2. The summed E-state index contributed by atoms with van der Waals surface area (Å²) < 4.78 is 5.39. The third kappa shape index (κ3) is 4.77. The molecule has 1 fully saturated rings. The van der Waals surface area contributed by atoms with Crippen LogP contribution in [-0.4, -0.2) is 49.1 Å². The second-order valence-electron chi connectivity index (χ2n) is 6.77. The fourth-order valence-electron chi connectivity index (χ4n) is 3.41. The summed E-state index contributed by atoms with van der Waals surface area (Å²) in [5.74, 6) is 1.95. The molecule has 0 unspecified atom stereocenters. The number of ether oxygens (including phenoxy) is 1. The molecule has 0 spiro atoms. The van der Waals surface area contributed by atoms with Crippen LogP contribution >= 0.6 is 0 Å². The Morgan fingerprint density at radius 3 is 2.74 bits per heavy atom. The van der Waals surface area contributed by atoms with Crippen LogP contribution in [-0.2, 0) is 0 Å². The lowest BCUT2D eigenvalue weighted by molar-refractivity contribution is 0.0691. The van der Waals surface area contributed by atoms with Gasteiger partial charge in [0.25, 0.3) is 5.91 Å². The number of hydrogen-bond donors (Lipinski definition) is 2. The van der Waals surface area contributed by atoms with Gasteiger partial charge in [0.1, 0.15) is 11.6 Å². The van der Waals surface area contributed by atoms with Crippen molar-refractivity contribution in [3.8, 4) is 5.75 Å². The predicted molar refractivity (Wildman–Crippen MR) is 108 cm³/mol. The zero-order chi connectivity index (χ0) is 19.1. The minimum atomic E-state index is 0.0300. The molecule has 2 aromatic rings. The number of para-hydroxylation sites is 2. The van der Waals surface area contributed by atoms with Crippen LogP contribution in [0.1, 0.15) is 30.1 Å². The highest BCUT2D eigenvalue weighted by Crippen LogP contribution is 2.28. The molecule has 144 valence electrons. The normalized spacial score (nSPS) is 14.8.